The summed E-state index contributed by atoms with van der Waals surface area (Å²) < 4.78 is 10.7. The van der Waals surface area contributed by atoms with Crippen molar-refractivity contribution in [1.29, 1.82) is 0 Å². The average Bonchev–Trinajstić information content (AvgIpc) is 2.67. The van der Waals surface area contributed by atoms with Crippen molar-refractivity contribution in [2.45, 2.75) is 13.3 Å². The third kappa shape index (κ3) is 3.64. The van der Waals surface area contributed by atoms with Crippen molar-refractivity contribution >= 4 is 22.4 Å². The summed E-state index contributed by atoms with van der Waals surface area (Å²) in [5.41, 5.74) is 2.03. The first-order valence-corrected chi connectivity index (χ1v) is 8.61. The van der Waals surface area contributed by atoms with E-state index in [0.717, 1.165) is 28.4 Å². The molecule has 0 saturated heterocycles. The zero-order chi connectivity index (χ0) is 18.5. The van der Waals surface area contributed by atoms with Gasteiger partial charge in [-0.1, -0.05) is 42.5 Å². The molecule has 0 spiro atoms. The molecule has 0 fully saturated rings. The minimum Gasteiger partial charge on any atom is -0.493 e. The van der Waals surface area contributed by atoms with E-state index in [9.17, 15) is 4.79 Å². The summed E-state index contributed by atoms with van der Waals surface area (Å²) >= 11 is 0. The van der Waals surface area contributed by atoms with E-state index in [2.05, 4.69) is 18.2 Å². The number of benzene rings is 3. The Morgan fingerprint density at radius 3 is 2.38 bits per heavy atom. The number of hydrogen-bond acceptors (Lipinski definition) is 3. The number of carbonyl (C=O) groups is 1. The fraction of sp³-hybridized carbons (Fsp3) is 0.227. The van der Waals surface area contributed by atoms with Crippen LogP contribution in [0.4, 0.5) is 5.69 Å². The molecule has 0 aliphatic carbocycles. The first-order valence-electron chi connectivity index (χ1n) is 8.61. The van der Waals surface area contributed by atoms with Crippen molar-refractivity contribution in [2.75, 3.05) is 25.7 Å². The minimum absolute atomic E-state index is 0.0295. The fourth-order valence-corrected chi connectivity index (χ4v) is 3.17. The van der Waals surface area contributed by atoms with Crippen LogP contribution < -0.4 is 14.4 Å². The Hall–Kier alpha value is -3.01. The highest BCUT2D eigenvalue weighted by Crippen LogP contribution is 2.29. The zero-order valence-corrected chi connectivity index (χ0v) is 15.4. The summed E-state index contributed by atoms with van der Waals surface area (Å²) in [5.74, 6) is 1.43. The molecular weight excluding hydrogens is 326 g/mol. The number of amides is 1. The number of ether oxygens (including phenoxy) is 2. The normalized spacial score (nSPS) is 10.6. The Morgan fingerprint density at radius 2 is 1.65 bits per heavy atom. The number of methoxy groups -OCH3 is 2. The van der Waals surface area contributed by atoms with Crippen LogP contribution in [0.25, 0.3) is 10.8 Å². The molecule has 134 valence electrons. The second-order valence-corrected chi connectivity index (χ2v) is 6.11. The number of nitrogens with zero attached hydrogens (tertiary/aromatic N) is 1. The van der Waals surface area contributed by atoms with Gasteiger partial charge in [-0.3, -0.25) is 4.79 Å². The van der Waals surface area contributed by atoms with Crippen molar-refractivity contribution in [3.8, 4) is 11.5 Å². The van der Waals surface area contributed by atoms with E-state index < -0.39 is 0 Å². The SMILES string of the molecule is COc1ccc(CCN(C(C)=O)c2cccc3ccccc23)cc1OC. The van der Waals surface area contributed by atoms with Crippen LogP contribution in [-0.2, 0) is 11.2 Å². The van der Waals surface area contributed by atoms with Crippen molar-refractivity contribution in [3.63, 3.8) is 0 Å². The molecule has 0 unspecified atom stereocenters. The van der Waals surface area contributed by atoms with Gasteiger partial charge in [0.1, 0.15) is 0 Å². The number of hydrogen-bond donors (Lipinski definition) is 0. The lowest BCUT2D eigenvalue weighted by Crippen LogP contribution is -2.30. The van der Waals surface area contributed by atoms with E-state index in [1.165, 1.54) is 0 Å². The highest BCUT2D eigenvalue weighted by atomic mass is 16.5. The van der Waals surface area contributed by atoms with Gasteiger partial charge < -0.3 is 14.4 Å². The van der Waals surface area contributed by atoms with Gasteiger partial charge in [0.2, 0.25) is 5.91 Å². The Morgan fingerprint density at radius 1 is 0.923 bits per heavy atom. The largest absolute Gasteiger partial charge is 0.493 e. The highest BCUT2D eigenvalue weighted by Gasteiger charge is 2.15. The summed E-state index contributed by atoms with van der Waals surface area (Å²) in [6.07, 6.45) is 0.725. The van der Waals surface area contributed by atoms with Gasteiger partial charge in [0.25, 0.3) is 0 Å². The lowest BCUT2D eigenvalue weighted by atomic mass is 10.1. The van der Waals surface area contributed by atoms with E-state index in [4.69, 9.17) is 9.47 Å². The smallest absolute Gasteiger partial charge is 0.223 e. The zero-order valence-electron chi connectivity index (χ0n) is 15.4. The predicted octanol–water partition coefficient (Wildman–Crippen LogP) is 4.45. The Bertz CT molecular complexity index is 915. The number of anilines is 1. The van der Waals surface area contributed by atoms with E-state index in [1.807, 2.05) is 47.4 Å². The lowest BCUT2D eigenvalue weighted by Gasteiger charge is -2.23. The molecule has 1 amide bonds. The van der Waals surface area contributed by atoms with E-state index in [0.29, 0.717) is 18.0 Å². The summed E-state index contributed by atoms with van der Waals surface area (Å²) in [7, 11) is 3.25. The van der Waals surface area contributed by atoms with Gasteiger partial charge in [-0.05, 0) is 35.6 Å². The Balaban J connectivity index is 1.87. The van der Waals surface area contributed by atoms with Crippen molar-refractivity contribution in [1.82, 2.24) is 0 Å². The Kier molecular flexibility index (Phi) is 5.42. The molecule has 0 bridgehead atoms. The van der Waals surface area contributed by atoms with Crippen LogP contribution in [0.5, 0.6) is 11.5 Å². The first-order chi connectivity index (χ1) is 12.6. The predicted molar refractivity (Wildman–Crippen MR) is 105 cm³/mol. The summed E-state index contributed by atoms with van der Waals surface area (Å²) in [5, 5.41) is 2.21. The molecule has 3 aromatic carbocycles. The average molecular weight is 349 g/mol. The van der Waals surface area contributed by atoms with Crippen LogP contribution in [-0.4, -0.2) is 26.7 Å². The molecule has 0 heterocycles. The number of carbonyl (C=O) groups excluding carboxylic acids is 1. The first kappa shape index (κ1) is 17.8. The standard InChI is InChI=1S/C22H23NO3/c1-16(24)23(20-10-6-8-18-7-4-5-9-19(18)20)14-13-17-11-12-21(25-2)22(15-17)26-3/h4-12,15H,13-14H2,1-3H3. The van der Waals surface area contributed by atoms with Crippen LogP contribution in [0.3, 0.4) is 0 Å². The third-order valence-electron chi connectivity index (χ3n) is 4.51. The molecule has 0 aliphatic heterocycles. The molecule has 0 saturated carbocycles. The van der Waals surface area contributed by atoms with Crippen LogP contribution in [0.15, 0.2) is 60.7 Å². The molecule has 3 rings (SSSR count). The monoisotopic (exact) mass is 349 g/mol. The molecule has 0 atom stereocenters. The van der Waals surface area contributed by atoms with Gasteiger partial charge in [-0.2, -0.15) is 0 Å². The van der Waals surface area contributed by atoms with Crippen molar-refractivity contribution < 1.29 is 14.3 Å². The molecule has 3 aromatic rings. The quantitative estimate of drug-likeness (QED) is 0.660. The summed E-state index contributed by atoms with van der Waals surface area (Å²) in [6.45, 7) is 2.20. The maximum atomic E-state index is 12.3. The maximum absolute atomic E-state index is 12.3. The molecule has 26 heavy (non-hydrogen) atoms. The fourth-order valence-electron chi connectivity index (χ4n) is 3.17. The van der Waals surface area contributed by atoms with Gasteiger partial charge in [-0.25, -0.2) is 0 Å². The topological polar surface area (TPSA) is 38.8 Å². The van der Waals surface area contributed by atoms with Gasteiger partial charge in [-0.15, -0.1) is 0 Å². The van der Waals surface area contributed by atoms with Crippen molar-refractivity contribution in [2.24, 2.45) is 0 Å². The van der Waals surface area contributed by atoms with Gasteiger partial charge >= 0.3 is 0 Å². The molecular formula is C22H23NO3. The molecule has 4 nitrogen and oxygen atoms in total. The second-order valence-electron chi connectivity index (χ2n) is 6.11. The molecule has 0 aromatic heterocycles. The van der Waals surface area contributed by atoms with Gasteiger partial charge in [0, 0.05) is 18.9 Å². The lowest BCUT2D eigenvalue weighted by molar-refractivity contribution is -0.116. The van der Waals surface area contributed by atoms with Crippen LogP contribution in [0.2, 0.25) is 0 Å². The minimum atomic E-state index is 0.0295. The van der Waals surface area contributed by atoms with Crippen LogP contribution in [0, 0.1) is 0 Å². The number of rotatable bonds is 6. The molecule has 0 aliphatic rings. The Labute approximate surface area is 154 Å². The van der Waals surface area contributed by atoms with E-state index in [-0.39, 0.29) is 5.91 Å². The summed E-state index contributed by atoms with van der Waals surface area (Å²) in [6, 6.07) is 20.0. The van der Waals surface area contributed by atoms with E-state index >= 15 is 0 Å². The number of fused-ring (bicyclic) bond motifs is 1. The third-order valence-corrected chi connectivity index (χ3v) is 4.51. The maximum Gasteiger partial charge on any atom is 0.223 e. The van der Waals surface area contributed by atoms with Gasteiger partial charge in [0.05, 0.1) is 19.9 Å². The second kappa shape index (κ2) is 7.91. The van der Waals surface area contributed by atoms with Crippen LogP contribution in [0.1, 0.15) is 12.5 Å². The highest BCUT2D eigenvalue weighted by molar-refractivity contribution is 6.02. The molecule has 0 N–H and O–H groups in total. The molecule has 0 radical (unpaired) electrons. The summed E-state index contributed by atoms with van der Waals surface area (Å²) in [4.78, 5) is 14.1. The van der Waals surface area contributed by atoms with E-state index in [1.54, 1.807) is 21.1 Å². The van der Waals surface area contributed by atoms with Crippen molar-refractivity contribution in [3.05, 3.63) is 66.2 Å². The van der Waals surface area contributed by atoms with Gasteiger partial charge in [0.15, 0.2) is 11.5 Å². The van der Waals surface area contributed by atoms with Crippen LogP contribution >= 0.6 is 0 Å². The molecule has 4 heteroatoms.